The van der Waals surface area contributed by atoms with Gasteiger partial charge in [-0.25, -0.2) is 0 Å². The number of likely N-dealkylation sites (tertiary alicyclic amines) is 1. The maximum Gasteiger partial charge on any atom is 0.308 e. The number of esters is 1. The van der Waals surface area contributed by atoms with Crippen molar-refractivity contribution in [3.63, 3.8) is 0 Å². The summed E-state index contributed by atoms with van der Waals surface area (Å²) >= 11 is 0. The molecule has 0 aromatic carbocycles. The molecule has 0 amide bonds. The van der Waals surface area contributed by atoms with E-state index in [1.165, 1.54) is 7.11 Å². The fraction of sp³-hybridized carbons (Fsp3) is 0.867. The Morgan fingerprint density at radius 1 is 1.36 bits per heavy atom. The molecule has 2 heterocycles. The standard InChI is InChI=1S/C15H27N3O4/c1-3-16-15(17-10-13-11-21-8-9-22-13)18-6-4-12(5-7-18)14(19)20-2/h12-13H,3-11H2,1-2H3,(H,16,17). The number of hydrogen-bond acceptors (Lipinski definition) is 5. The van der Waals surface area contributed by atoms with Crippen LogP contribution in [-0.2, 0) is 19.0 Å². The number of hydrogen-bond donors (Lipinski definition) is 1. The molecule has 0 bridgehead atoms. The highest BCUT2D eigenvalue weighted by Crippen LogP contribution is 2.18. The summed E-state index contributed by atoms with van der Waals surface area (Å²) < 4.78 is 15.8. The van der Waals surface area contributed by atoms with Crippen molar-refractivity contribution in [1.29, 1.82) is 0 Å². The normalized spacial score (nSPS) is 24.2. The Morgan fingerprint density at radius 2 is 2.14 bits per heavy atom. The summed E-state index contributed by atoms with van der Waals surface area (Å²) in [4.78, 5) is 18.4. The molecule has 0 saturated carbocycles. The molecule has 2 aliphatic heterocycles. The zero-order chi connectivity index (χ0) is 15.8. The van der Waals surface area contributed by atoms with Crippen molar-refractivity contribution in [1.82, 2.24) is 10.2 Å². The molecule has 1 atom stereocenters. The molecular formula is C15H27N3O4. The molecule has 0 spiro atoms. The monoisotopic (exact) mass is 313 g/mol. The Bertz CT molecular complexity index is 375. The SMILES string of the molecule is CCNC(=NCC1COCCO1)N1CCC(C(=O)OC)CC1. The lowest BCUT2D eigenvalue weighted by molar-refractivity contribution is -0.146. The van der Waals surface area contributed by atoms with Gasteiger partial charge < -0.3 is 24.4 Å². The van der Waals surface area contributed by atoms with Crippen LogP contribution in [0.25, 0.3) is 0 Å². The first kappa shape index (κ1) is 17.0. The van der Waals surface area contributed by atoms with Crippen molar-refractivity contribution in [3.8, 4) is 0 Å². The zero-order valence-electron chi connectivity index (χ0n) is 13.5. The van der Waals surface area contributed by atoms with Gasteiger partial charge in [0.15, 0.2) is 5.96 Å². The van der Waals surface area contributed by atoms with E-state index in [0.717, 1.165) is 38.4 Å². The molecule has 126 valence electrons. The summed E-state index contributed by atoms with van der Waals surface area (Å²) in [5.41, 5.74) is 0. The average molecular weight is 313 g/mol. The van der Waals surface area contributed by atoms with Gasteiger partial charge in [0.2, 0.25) is 0 Å². The van der Waals surface area contributed by atoms with Gasteiger partial charge in [-0.1, -0.05) is 0 Å². The third kappa shape index (κ3) is 4.84. The molecule has 2 fully saturated rings. The molecule has 0 aromatic rings. The third-order valence-electron chi connectivity index (χ3n) is 3.99. The van der Waals surface area contributed by atoms with E-state index in [0.29, 0.717) is 26.4 Å². The predicted octanol–water partition coefficient (Wildman–Crippen LogP) is 0.252. The van der Waals surface area contributed by atoms with Gasteiger partial charge >= 0.3 is 5.97 Å². The van der Waals surface area contributed by atoms with Crippen LogP contribution in [0.1, 0.15) is 19.8 Å². The molecule has 2 aliphatic rings. The first-order chi connectivity index (χ1) is 10.7. The summed E-state index contributed by atoms with van der Waals surface area (Å²) in [5, 5.41) is 3.31. The van der Waals surface area contributed by atoms with Gasteiger partial charge in [0, 0.05) is 19.6 Å². The van der Waals surface area contributed by atoms with Crippen molar-refractivity contribution in [2.45, 2.75) is 25.9 Å². The smallest absolute Gasteiger partial charge is 0.308 e. The van der Waals surface area contributed by atoms with Gasteiger partial charge in [-0.05, 0) is 19.8 Å². The topological polar surface area (TPSA) is 72.4 Å². The fourth-order valence-electron chi connectivity index (χ4n) is 2.75. The van der Waals surface area contributed by atoms with Crippen LogP contribution in [0.2, 0.25) is 0 Å². The Morgan fingerprint density at radius 3 is 2.73 bits per heavy atom. The van der Waals surface area contributed by atoms with Crippen LogP contribution in [0.5, 0.6) is 0 Å². The van der Waals surface area contributed by atoms with Gasteiger partial charge in [0.1, 0.15) is 6.10 Å². The number of aliphatic imine (C=N–C) groups is 1. The van der Waals surface area contributed by atoms with Gasteiger partial charge in [0.25, 0.3) is 0 Å². The first-order valence-corrected chi connectivity index (χ1v) is 8.05. The Labute approximate surface area is 132 Å². The largest absolute Gasteiger partial charge is 0.469 e. The van der Waals surface area contributed by atoms with Crippen molar-refractivity contribution in [2.75, 3.05) is 53.1 Å². The second-order valence-corrected chi connectivity index (χ2v) is 5.55. The summed E-state index contributed by atoms with van der Waals surface area (Å²) in [6.07, 6.45) is 1.65. The van der Waals surface area contributed by atoms with Crippen LogP contribution in [0, 0.1) is 5.92 Å². The minimum atomic E-state index is -0.102. The first-order valence-electron chi connectivity index (χ1n) is 8.05. The van der Waals surface area contributed by atoms with E-state index in [1.54, 1.807) is 0 Å². The lowest BCUT2D eigenvalue weighted by atomic mass is 9.97. The number of nitrogens with one attached hydrogen (secondary N) is 1. The molecule has 7 heteroatoms. The lowest BCUT2D eigenvalue weighted by Gasteiger charge is -2.33. The van der Waals surface area contributed by atoms with Crippen LogP contribution in [0.4, 0.5) is 0 Å². The fourth-order valence-corrected chi connectivity index (χ4v) is 2.75. The number of nitrogens with zero attached hydrogens (tertiary/aromatic N) is 2. The Kier molecular flexibility index (Phi) is 6.92. The van der Waals surface area contributed by atoms with Crippen LogP contribution in [0.3, 0.4) is 0 Å². The summed E-state index contributed by atoms with van der Waals surface area (Å²) in [6.45, 7) is 7.01. The molecule has 2 rings (SSSR count). The predicted molar refractivity (Wildman–Crippen MR) is 82.9 cm³/mol. The zero-order valence-corrected chi connectivity index (χ0v) is 13.5. The van der Waals surface area contributed by atoms with E-state index in [2.05, 4.69) is 22.1 Å². The summed E-state index contributed by atoms with van der Waals surface area (Å²) in [7, 11) is 1.45. The maximum atomic E-state index is 11.6. The summed E-state index contributed by atoms with van der Waals surface area (Å²) in [5.74, 6) is 0.800. The van der Waals surface area contributed by atoms with Gasteiger partial charge in [0.05, 0.1) is 39.4 Å². The Balaban J connectivity index is 1.86. The number of methoxy groups -OCH3 is 1. The molecule has 1 unspecified atom stereocenters. The lowest BCUT2D eigenvalue weighted by Crippen LogP contribution is -2.47. The minimum absolute atomic E-state index is 0.0132. The number of piperidine rings is 1. The molecule has 0 radical (unpaired) electrons. The van der Waals surface area contributed by atoms with Crippen LogP contribution < -0.4 is 5.32 Å². The van der Waals surface area contributed by atoms with Gasteiger partial charge in [-0.3, -0.25) is 9.79 Å². The molecule has 0 aliphatic carbocycles. The number of ether oxygens (including phenoxy) is 3. The van der Waals surface area contributed by atoms with E-state index < -0.39 is 0 Å². The number of carbonyl (C=O) groups is 1. The summed E-state index contributed by atoms with van der Waals surface area (Å²) in [6, 6.07) is 0. The molecule has 1 N–H and O–H groups in total. The molecule has 2 saturated heterocycles. The van der Waals surface area contributed by atoms with E-state index in [1.807, 2.05) is 0 Å². The second kappa shape index (κ2) is 8.95. The number of carbonyl (C=O) groups excluding carboxylic acids is 1. The van der Waals surface area contributed by atoms with Crippen LogP contribution in [-0.4, -0.2) is 76.0 Å². The van der Waals surface area contributed by atoms with E-state index in [4.69, 9.17) is 14.2 Å². The molecule has 7 nitrogen and oxygen atoms in total. The highest BCUT2D eigenvalue weighted by atomic mass is 16.6. The Hall–Kier alpha value is -1.34. The van der Waals surface area contributed by atoms with E-state index in [-0.39, 0.29) is 18.0 Å². The third-order valence-corrected chi connectivity index (χ3v) is 3.99. The molecular weight excluding hydrogens is 286 g/mol. The average Bonchev–Trinajstić information content (AvgIpc) is 2.59. The minimum Gasteiger partial charge on any atom is -0.469 e. The van der Waals surface area contributed by atoms with E-state index >= 15 is 0 Å². The quantitative estimate of drug-likeness (QED) is 0.456. The van der Waals surface area contributed by atoms with Gasteiger partial charge in [-0.2, -0.15) is 0 Å². The highest BCUT2D eigenvalue weighted by Gasteiger charge is 2.27. The second-order valence-electron chi connectivity index (χ2n) is 5.55. The van der Waals surface area contributed by atoms with Crippen LogP contribution in [0.15, 0.2) is 4.99 Å². The molecule has 22 heavy (non-hydrogen) atoms. The van der Waals surface area contributed by atoms with Crippen molar-refractivity contribution < 1.29 is 19.0 Å². The van der Waals surface area contributed by atoms with Crippen LogP contribution >= 0.6 is 0 Å². The van der Waals surface area contributed by atoms with E-state index in [9.17, 15) is 4.79 Å². The number of guanidine groups is 1. The van der Waals surface area contributed by atoms with Crippen molar-refractivity contribution >= 4 is 11.9 Å². The highest BCUT2D eigenvalue weighted by molar-refractivity contribution is 5.80. The van der Waals surface area contributed by atoms with Gasteiger partial charge in [-0.15, -0.1) is 0 Å². The number of rotatable bonds is 4. The van der Waals surface area contributed by atoms with Crippen molar-refractivity contribution in [3.05, 3.63) is 0 Å². The maximum absolute atomic E-state index is 11.6. The molecule has 0 aromatic heterocycles. The van der Waals surface area contributed by atoms with Crippen molar-refractivity contribution in [2.24, 2.45) is 10.9 Å².